The Labute approximate surface area is 91.9 Å². The van der Waals surface area contributed by atoms with Crippen LogP contribution in [0.3, 0.4) is 0 Å². The van der Waals surface area contributed by atoms with Gasteiger partial charge in [0.2, 0.25) is 0 Å². The van der Waals surface area contributed by atoms with Gasteiger partial charge in [0.25, 0.3) is 0 Å². The lowest BCUT2D eigenvalue weighted by Gasteiger charge is -2.16. The van der Waals surface area contributed by atoms with Gasteiger partial charge in [-0.1, -0.05) is 27.7 Å². The van der Waals surface area contributed by atoms with E-state index < -0.39 is 0 Å². The molecule has 4 heteroatoms. The third-order valence-corrected chi connectivity index (χ3v) is 2.51. The summed E-state index contributed by atoms with van der Waals surface area (Å²) < 4.78 is 1.97. The van der Waals surface area contributed by atoms with Crippen LogP contribution in [0.4, 0.5) is 0 Å². The molecule has 0 aromatic carbocycles. The Hall–Kier alpha value is -0.900. The second kappa shape index (κ2) is 5.26. The van der Waals surface area contributed by atoms with E-state index in [1.807, 2.05) is 4.68 Å². The molecule has 1 aromatic heterocycles. The standard InChI is InChI=1S/C11H22N4/c1-8(2)6-15-11(13-7-14-15)5-10(12)9(3)4/h7-10H,5-6,12H2,1-4H3. The molecule has 1 unspecified atom stereocenters. The van der Waals surface area contributed by atoms with E-state index in [1.54, 1.807) is 6.33 Å². The van der Waals surface area contributed by atoms with Crippen molar-refractivity contribution < 1.29 is 0 Å². The normalized spacial score (nSPS) is 13.8. The van der Waals surface area contributed by atoms with Crippen molar-refractivity contribution in [2.24, 2.45) is 17.6 Å². The van der Waals surface area contributed by atoms with Crippen molar-refractivity contribution in [2.75, 3.05) is 0 Å². The largest absolute Gasteiger partial charge is 0.327 e. The van der Waals surface area contributed by atoms with Crippen LogP contribution in [0.5, 0.6) is 0 Å². The first-order chi connectivity index (χ1) is 7.00. The molecule has 0 aliphatic rings. The maximum Gasteiger partial charge on any atom is 0.138 e. The molecule has 1 atom stereocenters. The van der Waals surface area contributed by atoms with E-state index in [9.17, 15) is 0 Å². The zero-order valence-corrected chi connectivity index (χ0v) is 10.1. The fraction of sp³-hybridized carbons (Fsp3) is 0.818. The maximum atomic E-state index is 6.03. The topological polar surface area (TPSA) is 56.7 Å². The molecule has 0 aliphatic heterocycles. The zero-order valence-electron chi connectivity index (χ0n) is 10.1. The molecule has 4 nitrogen and oxygen atoms in total. The molecule has 0 saturated heterocycles. The van der Waals surface area contributed by atoms with Crippen LogP contribution in [-0.4, -0.2) is 20.8 Å². The molecule has 15 heavy (non-hydrogen) atoms. The van der Waals surface area contributed by atoms with E-state index in [0.29, 0.717) is 11.8 Å². The molecular weight excluding hydrogens is 188 g/mol. The van der Waals surface area contributed by atoms with Gasteiger partial charge in [-0.05, 0) is 11.8 Å². The van der Waals surface area contributed by atoms with Gasteiger partial charge in [-0.25, -0.2) is 9.67 Å². The highest BCUT2D eigenvalue weighted by Gasteiger charge is 2.13. The van der Waals surface area contributed by atoms with Crippen molar-refractivity contribution in [1.29, 1.82) is 0 Å². The number of hydrogen-bond donors (Lipinski definition) is 1. The minimum absolute atomic E-state index is 0.167. The summed E-state index contributed by atoms with van der Waals surface area (Å²) in [5, 5.41) is 4.22. The molecule has 2 N–H and O–H groups in total. The van der Waals surface area contributed by atoms with Crippen molar-refractivity contribution in [1.82, 2.24) is 14.8 Å². The third-order valence-electron chi connectivity index (χ3n) is 2.51. The van der Waals surface area contributed by atoms with E-state index in [0.717, 1.165) is 18.8 Å². The molecule has 0 bridgehead atoms. The number of nitrogens with two attached hydrogens (primary N) is 1. The Bertz CT molecular complexity index is 291. The van der Waals surface area contributed by atoms with Crippen LogP contribution in [0.2, 0.25) is 0 Å². The second-order valence-electron chi connectivity index (χ2n) is 4.86. The van der Waals surface area contributed by atoms with Gasteiger partial charge < -0.3 is 5.73 Å². The lowest BCUT2D eigenvalue weighted by atomic mass is 10.0. The first-order valence-corrected chi connectivity index (χ1v) is 5.63. The summed E-state index contributed by atoms with van der Waals surface area (Å²) >= 11 is 0. The van der Waals surface area contributed by atoms with Gasteiger partial charge in [0.05, 0.1) is 0 Å². The summed E-state index contributed by atoms with van der Waals surface area (Å²) in [7, 11) is 0. The summed E-state index contributed by atoms with van der Waals surface area (Å²) in [5.41, 5.74) is 6.03. The Morgan fingerprint density at radius 2 is 2.00 bits per heavy atom. The van der Waals surface area contributed by atoms with Crippen molar-refractivity contribution >= 4 is 0 Å². The number of nitrogens with zero attached hydrogens (tertiary/aromatic N) is 3. The average molecular weight is 210 g/mol. The highest BCUT2D eigenvalue weighted by atomic mass is 15.3. The SMILES string of the molecule is CC(C)Cn1ncnc1CC(N)C(C)C. The predicted molar refractivity (Wildman–Crippen MR) is 61.4 cm³/mol. The first-order valence-electron chi connectivity index (χ1n) is 5.63. The van der Waals surface area contributed by atoms with Crippen LogP contribution in [0.25, 0.3) is 0 Å². The van der Waals surface area contributed by atoms with Crippen molar-refractivity contribution in [3.8, 4) is 0 Å². The van der Waals surface area contributed by atoms with Crippen molar-refractivity contribution in [3.63, 3.8) is 0 Å². The van der Waals surface area contributed by atoms with Gasteiger partial charge >= 0.3 is 0 Å². The van der Waals surface area contributed by atoms with Gasteiger partial charge in [-0.3, -0.25) is 0 Å². The highest BCUT2D eigenvalue weighted by Crippen LogP contribution is 2.07. The van der Waals surface area contributed by atoms with Crippen LogP contribution < -0.4 is 5.73 Å². The van der Waals surface area contributed by atoms with E-state index >= 15 is 0 Å². The van der Waals surface area contributed by atoms with Crippen LogP contribution in [-0.2, 0) is 13.0 Å². The number of rotatable bonds is 5. The average Bonchev–Trinajstić information content (AvgIpc) is 2.51. The molecule has 0 spiro atoms. The minimum Gasteiger partial charge on any atom is -0.327 e. The Morgan fingerprint density at radius 1 is 1.33 bits per heavy atom. The Balaban J connectivity index is 2.64. The third kappa shape index (κ3) is 3.63. The Morgan fingerprint density at radius 3 is 2.53 bits per heavy atom. The van der Waals surface area contributed by atoms with Crippen LogP contribution in [0.1, 0.15) is 33.5 Å². The minimum atomic E-state index is 0.167. The smallest absolute Gasteiger partial charge is 0.138 e. The summed E-state index contributed by atoms with van der Waals surface area (Å²) in [5.74, 6) is 2.07. The molecule has 1 rings (SSSR count). The molecule has 1 heterocycles. The monoisotopic (exact) mass is 210 g/mol. The molecule has 1 aromatic rings. The fourth-order valence-electron chi connectivity index (χ4n) is 1.39. The van der Waals surface area contributed by atoms with E-state index in [2.05, 4.69) is 37.8 Å². The molecule has 86 valence electrons. The summed E-state index contributed by atoms with van der Waals surface area (Å²) in [6, 6.07) is 0.167. The van der Waals surface area contributed by atoms with Gasteiger partial charge in [0.1, 0.15) is 12.2 Å². The highest BCUT2D eigenvalue weighted by molar-refractivity contribution is 4.90. The lowest BCUT2D eigenvalue weighted by molar-refractivity contribution is 0.432. The van der Waals surface area contributed by atoms with Crippen LogP contribution in [0, 0.1) is 11.8 Å². The summed E-state index contributed by atoms with van der Waals surface area (Å²) in [4.78, 5) is 4.26. The van der Waals surface area contributed by atoms with Crippen LogP contribution in [0.15, 0.2) is 6.33 Å². The van der Waals surface area contributed by atoms with Crippen LogP contribution >= 0.6 is 0 Å². The number of hydrogen-bond acceptors (Lipinski definition) is 3. The molecular formula is C11H22N4. The summed E-state index contributed by atoms with van der Waals surface area (Å²) in [6.07, 6.45) is 2.43. The van der Waals surface area contributed by atoms with Gasteiger partial charge in [0, 0.05) is 19.0 Å². The van der Waals surface area contributed by atoms with E-state index in [1.165, 1.54) is 0 Å². The number of aromatic nitrogens is 3. The van der Waals surface area contributed by atoms with Crippen molar-refractivity contribution in [2.45, 2.75) is 46.7 Å². The van der Waals surface area contributed by atoms with E-state index in [4.69, 9.17) is 5.73 Å². The predicted octanol–water partition coefficient (Wildman–Crippen LogP) is 1.46. The maximum absolute atomic E-state index is 6.03. The van der Waals surface area contributed by atoms with Gasteiger partial charge in [0.15, 0.2) is 0 Å². The van der Waals surface area contributed by atoms with E-state index in [-0.39, 0.29) is 6.04 Å². The molecule has 0 saturated carbocycles. The van der Waals surface area contributed by atoms with Gasteiger partial charge in [-0.15, -0.1) is 0 Å². The molecule has 0 radical (unpaired) electrons. The summed E-state index contributed by atoms with van der Waals surface area (Å²) in [6.45, 7) is 9.53. The lowest BCUT2D eigenvalue weighted by Crippen LogP contribution is -2.30. The first kappa shape index (κ1) is 12.2. The zero-order chi connectivity index (χ0) is 11.4. The fourth-order valence-corrected chi connectivity index (χ4v) is 1.39. The van der Waals surface area contributed by atoms with Crippen molar-refractivity contribution in [3.05, 3.63) is 12.2 Å². The molecule has 0 fully saturated rings. The Kier molecular flexibility index (Phi) is 4.27. The van der Waals surface area contributed by atoms with Gasteiger partial charge in [-0.2, -0.15) is 5.10 Å². The second-order valence-corrected chi connectivity index (χ2v) is 4.86. The molecule has 0 aliphatic carbocycles. The quantitative estimate of drug-likeness (QED) is 0.800. The molecule has 0 amide bonds.